The minimum absolute atomic E-state index is 0.120. The molecule has 4 rings (SSSR count). The first-order chi connectivity index (χ1) is 15.8. The molecule has 1 heterocycles. The highest BCUT2D eigenvalue weighted by Crippen LogP contribution is 2.44. The summed E-state index contributed by atoms with van der Waals surface area (Å²) < 4.78 is 16.2. The van der Waals surface area contributed by atoms with E-state index < -0.39 is 11.3 Å². The van der Waals surface area contributed by atoms with E-state index in [4.69, 9.17) is 19.9 Å². The smallest absolute Gasteiger partial charge is 0.250 e. The summed E-state index contributed by atoms with van der Waals surface area (Å²) in [5.41, 5.74) is 8.84. The molecule has 8 heteroatoms. The van der Waals surface area contributed by atoms with Crippen LogP contribution in [0.3, 0.4) is 0 Å². The number of nitrogens with zero attached hydrogens (tertiary/aromatic N) is 1. The molecule has 1 aliphatic heterocycles. The monoisotopic (exact) mass is 449 g/mol. The van der Waals surface area contributed by atoms with Crippen LogP contribution in [0.15, 0.2) is 46.6 Å². The van der Waals surface area contributed by atoms with Crippen molar-refractivity contribution in [2.24, 2.45) is 10.7 Å². The third-order valence-electron chi connectivity index (χ3n) is 6.21. The fourth-order valence-electron chi connectivity index (χ4n) is 4.53. The van der Waals surface area contributed by atoms with Gasteiger partial charge in [0.1, 0.15) is 0 Å². The molecule has 0 aromatic heterocycles. The van der Waals surface area contributed by atoms with Crippen molar-refractivity contribution >= 4 is 29.3 Å². The Hall–Kier alpha value is -3.81. The van der Waals surface area contributed by atoms with Gasteiger partial charge in [-0.15, -0.1) is 0 Å². The Bertz CT molecular complexity index is 1180. The lowest BCUT2D eigenvalue weighted by Gasteiger charge is -2.28. The maximum absolute atomic E-state index is 12.8. The number of ketones is 1. The first kappa shape index (κ1) is 22.4. The molecule has 0 bridgehead atoms. The zero-order chi connectivity index (χ0) is 23.8. The number of nitrogens with two attached hydrogens (primary N) is 1. The van der Waals surface area contributed by atoms with Crippen molar-refractivity contribution < 1.29 is 23.8 Å². The Balaban J connectivity index is 1.79. The minimum Gasteiger partial charge on any atom is -0.493 e. The van der Waals surface area contributed by atoms with Gasteiger partial charge in [0.2, 0.25) is 5.75 Å². The van der Waals surface area contributed by atoms with Gasteiger partial charge >= 0.3 is 0 Å². The molecule has 1 unspecified atom stereocenters. The van der Waals surface area contributed by atoms with Crippen LogP contribution >= 0.6 is 0 Å². The van der Waals surface area contributed by atoms with E-state index >= 15 is 0 Å². The lowest BCUT2D eigenvalue weighted by molar-refractivity contribution is -0.116. The van der Waals surface area contributed by atoms with Gasteiger partial charge in [-0.3, -0.25) is 14.6 Å². The van der Waals surface area contributed by atoms with E-state index in [1.807, 2.05) is 25.3 Å². The molecule has 0 saturated heterocycles. The van der Waals surface area contributed by atoms with Crippen LogP contribution < -0.4 is 25.3 Å². The van der Waals surface area contributed by atoms with E-state index in [1.165, 1.54) is 21.3 Å². The Morgan fingerprint density at radius 2 is 1.76 bits per heavy atom. The number of carbonyl (C=O) groups excluding carboxylic acids is 2. The predicted octanol–water partition coefficient (Wildman–Crippen LogP) is 3.90. The molecule has 3 N–H and O–H groups in total. The second-order valence-corrected chi connectivity index (χ2v) is 8.22. The van der Waals surface area contributed by atoms with E-state index in [2.05, 4.69) is 10.3 Å². The van der Waals surface area contributed by atoms with E-state index in [0.717, 1.165) is 29.7 Å². The molecule has 2 aliphatic rings. The standard InChI is InChI=1S/C25H27N3O5/c1-25(13-27-17-6-5-7-19(29)22(17)25)14-8-9-16(24(26)30)18(10-14)28-15-11-20(31-2)23(33-4)21(12-15)32-3/h8-13,28H,5-7H2,1-4H3,(H2,26,30). The molecular weight excluding hydrogens is 422 g/mol. The van der Waals surface area contributed by atoms with E-state index in [-0.39, 0.29) is 5.78 Å². The van der Waals surface area contributed by atoms with Gasteiger partial charge in [0.05, 0.1) is 38.0 Å². The number of Topliss-reactive ketones (excluding diaryl/α,β-unsaturated/α-hetero) is 1. The summed E-state index contributed by atoms with van der Waals surface area (Å²) in [5.74, 6) is 0.936. The van der Waals surface area contributed by atoms with Crippen LogP contribution in [-0.4, -0.2) is 39.2 Å². The number of rotatable bonds is 7. The second-order valence-electron chi connectivity index (χ2n) is 8.22. The average molecular weight is 450 g/mol. The summed E-state index contributed by atoms with van der Waals surface area (Å²) in [4.78, 5) is 29.5. The molecule has 1 atom stereocenters. The fraction of sp³-hybridized carbons (Fsp3) is 0.320. The third kappa shape index (κ3) is 3.82. The van der Waals surface area contributed by atoms with Crippen molar-refractivity contribution in [3.8, 4) is 17.2 Å². The number of methoxy groups -OCH3 is 3. The Morgan fingerprint density at radius 3 is 2.36 bits per heavy atom. The zero-order valence-electron chi connectivity index (χ0n) is 19.2. The minimum atomic E-state index is -0.672. The Labute approximate surface area is 192 Å². The molecule has 2 aromatic carbocycles. The van der Waals surface area contributed by atoms with Crippen LogP contribution in [0, 0.1) is 0 Å². The number of hydrogen-bond donors (Lipinski definition) is 2. The number of carbonyl (C=O) groups is 2. The van der Waals surface area contributed by atoms with Gasteiger partial charge in [0, 0.05) is 41.7 Å². The van der Waals surface area contributed by atoms with Gasteiger partial charge in [-0.25, -0.2) is 0 Å². The van der Waals surface area contributed by atoms with Crippen molar-refractivity contribution in [3.63, 3.8) is 0 Å². The summed E-state index contributed by atoms with van der Waals surface area (Å²) in [7, 11) is 4.59. The topological polar surface area (TPSA) is 112 Å². The quantitative estimate of drug-likeness (QED) is 0.663. The summed E-state index contributed by atoms with van der Waals surface area (Å²) >= 11 is 0. The number of anilines is 2. The molecule has 172 valence electrons. The van der Waals surface area contributed by atoms with Gasteiger partial charge in [-0.1, -0.05) is 6.07 Å². The summed E-state index contributed by atoms with van der Waals surface area (Å²) in [6.45, 7) is 1.98. The van der Waals surface area contributed by atoms with Crippen LogP contribution in [0.2, 0.25) is 0 Å². The number of hydrogen-bond acceptors (Lipinski definition) is 7. The molecule has 0 saturated carbocycles. The number of ether oxygens (including phenoxy) is 3. The molecule has 0 fully saturated rings. The second kappa shape index (κ2) is 8.61. The van der Waals surface area contributed by atoms with Crippen LogP contribution in [0.5, 0.6) is 17.2 Å². The van der Waals surface area contributed by atoms with Gasteiger partial charge in [-0.2, -0.15) is 0 Å². The third-order valence-corrected chi connectivity index (χ3v) is 6.21. The van der Waals surface area contributed by atoms with Gasteiger partial charge in [0.25, 0.3) is 5.91 Å². The highest BCUT2D eigenvalue weighted by atomic mass is 16.5. The van der Waals surface area contributed by atoms with Crippen molar-refractivity contribution in [1.82, 2.24) is 0 Å². The van der Waals surface area contributed by atoms with Crippen molar-refractivity contribution in [1.29, 1.82) is 0 Å². The van der Waals surface area contributed by atoms with Gasteiger partial charge < -0.3 is 25.3 Å². The highest BCUT2D eigenvalue weighted by molar-refractivity contribution is 6.07. The lowest BCUT2D eigenvalue weighted by atomic mass is 9.73. The number of allylic oxidation sites excluding steroid dienone is 2. The molecule has 8 nitrogen and oxygen atoms in total. The molecule has 33 heavy (non-hydrogen) atoms. The van der Waals surface area contributed by atoms with E-state index in [1.54, 1.807) is 18.2 Å². The first-order valence-electron chi connectivity index (χ1n) is 10.7. The number of primary amides is 1. The Kier molecular flexibility index (Phi) is 5.84. The number of aliphatic imine (C=N–C) groups is 1. The highest BCUT2D eigenvalue weighted by Gasteiger charge is 2.41. The number of benzene rings is 2. The molecule has 2 aromatic rings. The largest absolute Gasteiger partial charge is 0.493 e. The zero-order valence-corrected chi connectivity index (χ0v) is 19.2. The Morgan fingerprint density at radius 1 is 1.06 bits per heavy atom. The van der Waals surface area contributed by atoms with Crippen molar-refractivity contribution in [2.75, 3.05) is 26.6 Å². The van der Waals surface area contributed by atoms with E-state index in [9.17, 15) is 9.59 Å². The summed E-state index contributed by atoms with van der Waals surface area (Å²) in [5, 5.41) is 3.26. The first-order valence-corrected chi connectivity index (χ1v) is 10.7. The van der Waals surface area contributed by atoms with Gasteiger partial charge in [-0.05, 0) is 37.5 Å². The SMILES string of the molecule is COc1cc(Nc2cc(C3(C)C=NC4=C3C(=O)CCC4)ccc2C(N)=O)cc(OC)c1OC. The number of amides is 1. The van der Waals surface area contributed by atoms with Crippen LogP contribution in [0.4, 0.5) is 11.4 Å². The van der Waals surface area contributed by atoms with Crippen LogP contribution in [0.25, 0.3) is 0 Å². The normalized spacial score (nSPS) is 19.3. The van der Waals surface area contributed by atoms with Gasteiger partial charge in [0.15, 0.2) is 17.3 Å². The van der Waals surface area contributed by atoms with E-state index in [0.29, 0.717) is 40.6 Å². The maximum Gasteiger partial charge on any atom is 0.250 e. The molecule has 0 radical (unpaired) electrons. The fourth-order valence-corrected chi connectivity index (χ4v) is 4.53. The van der Waals surface area contributed by atoms with Crippen molar-refractivity contribution in [3.05, 3.63) is 52.7 Å². The summed E-state index contributed by atoms with van der Waals surface area (Å²) in [6, 6.07) is 8.81. The molecule has 0 spiro atoms. The molecule has 1 aliphatic carbocycles. The molecule has 1 amide bonds. The van der Waals surface area contributed by atoms with Crippen molar-refractivity contribution in [2.45, 2.75) is 31.6 Å². The summed E-state index contributed by atoms with van der Waals surface area (Å²) in [6.07, 6.45) is 3.96. The van der Waals surface area contributed by atoms with Crippen LogP contribution in [0.1, 0.15) is 42.1 Å². The van der Waals surface area contributed by atoms with Crippen LogP contribution in [-0.2, 0) is 10.2 Å². The number of nitrogens with one attached hydrogen (secondary N) is 1. The average Bonchev–Trinajstić information content (AvgIpc) is 3.17. The predicted molar refractivity (Wildman–Crippen MR) is 126 cm³/mol. The maximum atomic E-state index is 12.8. The lowest BCUT2D eigenvalue weighted by Crippen LogP contribution is -2.30. The molecular formula is C25H27N3O5.